The van der Waals surface area contributed by atoms with Gasteiger partial charge in [0, 0.05) is 37.8 Å². The number of amides is 1. The minimum absolute atomic E-state index is 0.154. The summed E-state index contributed by atoms with van der Waals surface area (Å²) in [6, 6.07) is 2.90. The van der Waals surface area contributed by atoms with E-state index >= 15 is 0 Å². The molecule has 1 aromatic rings. The second-order valence-electron chi connectivity index (χ2n) is 5.12. The number of aromatic nitrogens is 1. The Morgan fingerprint density at radius 1 is 1.38 bits per heavy atom. The standard InChI is InChI=1S/C15H22N2O4/c1-3-11(4-5-14(19)20)6-8-16-15(21)12-7-9-17(2)13(18)10-12/h7,9-11H,3-6,8H2,1-2H3,(H,16,21)(H,19,20). The van der Waals surface area contributed by atoms with Crippen molar-refractivity contribution in [2.45, 2.75) is 32.6 Å². The van der Waals surface area contributed by atoms with E-state index < -0.39 is 5.97 Å². The second kappa shape index (κ2) is 8.24. The van der Waals surface area contributed by atoms with Crippen LogP contribution in [0.15, 0.2) is 23.1 Å². The van der Waals surface area contributed by atoms with E-state index in [4.69, 9.17) is 5.11 Å². The van der Waals surface area contributed by atoms with E-state index in [2.05, 4.69) is 5.32 Å². The molecule has 1 aromatic heterocycles. The Balaban J connectivity index is 2.43. The van der Waals surface area contributed by atoms with Gasteiger partial charge in [-0.2, -0.15) is 0 Å². The van der Waals surface area contributed by atoms with Crippen molar-refractivity contribution in [3.05, 3.63) is 34.2 Å². The van der Waals surface area contributed by atoms with Crippen LogP contribution in [0.1, 0.15) is 43.0 Å². The molecule has 0 saturated carbocycles. The van der Waals surface area contributed by atoms with E-state index in [9.17, 15) is 14.4 Å². The highest BCUT2D eigenvalue weighted by molar-refractivity contribution is 5.93. The molecule has 0 radical (unpaired) electrons. The summed E-state index contributed by atoms with van der Waals surface area (Å²) in [5, 5.41) is 11.4. The molecule has 0 spiro atoms. The summed E-state index contributed by atoms with van der Waals surface area (Å²) >= 11 is 0. The van der Waals surface area contributed by atoms with Crippen LogP contribution in [0, 0.1) is 5.92 Å². The van der Waals surface area contributed by atoms with Gasteiger partial charge >= 0.3 is 5.97 Å². The van der Waals surface area contributed by atoms with Crippen molar-refractivity contribution in [1.82, 2.24) is 9.88 Å². The fraction of sp³-hybridized carbons (Fsp3) is 0.533. The van der Waals surface area contributed by atoms with Gasteiger partial charge in [0.15, 0.2) is 0 Å². The van der Waals surface area contributed by atoms with Crippen LogP contribution in [-0.2, 0) is 11.8 Å². The number of pyridine rings is 1. The van der Waals surface area contributed by atoms with Gasteiger partial charge in [-0.25, -0.2) is 0 Å². The summed E-state index contributed by atoms with van der Waals surface area (Å²) in [4.78, 5) is 33.9. The second-order valence-corrected chi connectivity index (χ2v) is 5.12. The smallest absolute Gasteiger partial charge is 0.303 e. The maximum Gasteiger partial charge on any atom is 0.303 e. The molecule has 0 aliphatic heterocycles. The minimum atomic E-state index is -0.794. The lowest BCUT2D eigenvalue weighted by Crippen LogP contribution is -2.28. The number of carboxylic acid groups (broad SMARTS) is 1. The topological polar surface area (TPSA) is 88.4 Å². The Bertz CT molecular complexity index is 551. The first-order valence-corrected chi connectivity index (χ1v) is 7.10. The molecule has 0 aliphatic carbocycles. The predicted molar refractivity (Wildman–Crippen MR) is 79.3 cm³/mol. The lowest BCUT2D eigenvalue weighted by Gasteiger charge is -2.14. The number of nitrogens with zero attached hydrogens (tertiary/aromatic N) is 1. The Kier molecular flexibility index (Phi) is 6.65. The van der Waals surface area contributed by atoms with Gasteiger partial charge in [-0.15, -0.1) is 0 Å². The predicted octanol–water partition coefficient (Wildman–Crippen LogP) is 1.40. The van der Waals surface area contributed by atoms with Crippen molar-refractivity contribution < 1.29 is 14.7 Å². The van der Waals surface area contributed by atoms with E-state index in [1.807, 2.05) is 6.92 Å². The summed E-state index contributed by atoms with van der Waals surface area (Å²) in [5.41, 5.74) is 0.118. The average molecular weight is 294 g/mol. The quantitative estimate of drug-likeness (QED) is 0.758. The number of hydrogen-bond acceptors (Lipinski definition) is 3. The van der Waals surface area contributed by atoms with Crippen LogP contribution in [0.5, 0.6) is 0 Å². The number of hydrogen-bond donors (Lipinski definition) is 2. The summed E-state index contributed by atoms with van der Waals surface area (Å²) in [5.74, 6) is -0.788. The van der Waals surface area contributed by atoms with Gasteiger partial charge in [0.25, 0.3) is 11.5 Å². The zero-order chi connectivity index (χ0) is 15.8. The SMILES string of the molecule is CCC(CCNC(=O)c1ccn(C)c(=O)c1)CCC(=O)O. The van der Waals surface area contributed by atoms with Crippen LogP contribution in [0.25, 0.3) is 0 Å². The lowest BCUT2D eigenvalue weighted by atomic mass is 9.96. The van der Waals surface area contributed by atoms with Crippen molar-refractivity contribution in [2.24, 2.45) is 13.0 Å². The highest BCUT2D eigenvalue weighted by atomic mass is 16.4. The fourth-order valence-corrected chi connectivity index (χ4v) is 2.06. The Labute approximate surface area is 123 Å². The summed E-state index contributed by atoms with van der Waals surface area (Å²) < 4.78 is 1.40. The molecule has 1 amide bonds. The van der Waals surface area contributed by atoms with Gasteiger partial charge in [0.1, 0.15) is 0 Å². The third kappa shape index (κ3) is 5.81. The van der Waals surface area contributed by atoms with Gasteiger partial charge in [0.2, 0.25) is 0 Å². The normalized spacial score (nSPS) is 11.9. The van der Waals surface area contributed by atoms with Crippen LogP contribution >= 0.6 is 0 Å². The molecule has 1 rings (SSSR count). The Morgan fingerprint density at radius 3 is 2.67 bits per heavy atom. The molecule has 0 fully saturated rings. The Hall–Kier alpha value is -2.11. The zero-order valence-corrected chi connectivity index (χ0v) is 12.5. The molecule has 1 atom stereocenters. The third-order valence-corrected chi connectivity index (χ3v) is 3.55. The van der Waals surface area contributed by atoms with Gasteiger partial charge in [0.05, 0.1) is 0 Å². The third-order valence-electron chi connectivity index (χ3n) is 3.55. The van der Waals surface area contributed by atoms with Crippen molar-refractivity contribution in [3.8, 4) is 0 Å². The molecule has 1 heterocycles. The first kappa shape index (κ1) is 16.9. The van der Waals surface area contributed by atoms with Crippen LogP contribution < -0.4 is 10.9 Å². The van der Waals surface area contributed by atoms with Crippen LogP contribution in [0.2, 0.25) is 0 Å². The van der Waals surface area contributed by atoms with E-state index in [1.165, 1.54) is 10.6 Å². The number of aliphatic carboxylic acids is 1. The molecule has 1 unspecified atom stereocenters. The van der Waals surface area contributed by atoms with Crippen LogP contribution in [0.3, 0.4) is 0 Å². The van der Waals surface area contributed by atoms with E-state index in [1.54, 1.807) is 19.3 Å². The maximum atomic E-state index is 11.9. The molecule has 0 saturated heterocycles. The monoisotopic (exact) mass is 294 g/mol. The molecule has 0 aliphatic rings. The Morgan fingerprint density at radius 2 is 2.10 bits per heavy atom. The van der Waals surface area contributed by atoms with Gasteiger partial charge in [-0.1, -0.05) is 13.3 Å². The largest absolute Gasteiger partial charge is 0.481 e. The fourth-order valence-electron chi connectivity index (χ4n) is 2.06. The molecular weight excluding hydrogens is 272 g/mol. The lowest BCUT2D eigenvalue weighted by molar-refractivity contribution is -0.137. The molecule has 6 nitrogen and oxygen atoms in total. The molecule has 0 bridgehead atoms. The van der Waals surface area contributed by atoms with Crippen molar-refractivity contribution in [2.75, 3.05) is 6.54 Å². The number of carboxylic acids is 1. The van der Waals surface area contributed by atoms with Gasteiger partial charge in [-0.3, -0.25) is 14.4 Å². The zero-order valence-electron chi connectivity index (χ0n) is 12.5. The van der Waals surface area contributed by atoms with E-state index in [0.717, 1.165) is 12.8 Å². The highest BCUT2D eigenvalue weighted by Crippen LogP contribution is 2.14. The number of carbonyl (C=O) groups excluding carboxylic acids is 1. The molecule has 116 valence electrons. The van der Waals surface area contributed by atoms with Crippen molar-refractivity contribution in [3.63, 3.8) is 0 Å². The number of aryl methyl sites for hydroxylation is 1. The summed E-state index contributed by atoms with van der Waals surface area (Å²) in [6.07, 6.45) is 3.95. The highest BCUT2D eigenvalue weighted by Gasteiger charge is 2.11. The van der Waals surface area contributed by atoms with Crippen LogP contribution in [-0.4, -0.2) is 28.1 Å². The molecule has 21 heavy (non-hydrogen) atoms. The first-order chi connectivity index (χ1) is 9.93. The maximum absolute atomic E-state index is 11.9. The minimum Gasteiger partial charge on any atom is -0.481 e. The van der Waals surface area contributed by atoms with E-state index in [-0.39, 0.29) is 23.8 Å². The number of carbonyl (C=O) groups is 2. The number of nitrogens with one attached hydrogen (secondary N) is 1. The first-order valence-electron chi connectivity index (χ1n) is 7.10. The molecule has 0 aromatic carbocycles. The van der Waals surface area contributed by atoms with Gasteiger partial charge < -0.3 is 15.0 Å². The van der Waals surface area contributed by atoms with Crippen molar-refractivity contribution >= 4 is 11.9 Å². The molecule has 6 heteroatoms. The van der Waals surface area contributed by atoms with Gasteiger partial charge in [-0.05, 0) is 24.8 Å². The summed E-state index contributed by atoms with van der Waals surface area (Å²) in [6.45, 7) is 2.49. The molecule has 2 N–H and O–H groups in total. The van der Waals surface area contributed by atoms with Crippen molar-refractivity contribution in [1.29, 1.82) is 0 Å². The van der Waals surface area contributed by atoms with E-state index in [0.29, 0.717) is 18.5 Å². The number of rotatable bonds is 8. The van der Waals surface area contributed by atoms with Crippen LogP contribution in [0.4, 0.5) is 0 Å². The molecular formula is C15H22N2O4. The summed E-state index contributed by atoms with van der Waals surface area (Å²) in [7, 11) is 1.62. The average Bonchev–Trinajstić information content (AvgIpc) is 2.45.